The molecule has 1 fully saturated rings. The summed E-state index contributed by atoms with van der Waals surface area (Å²) in [4.78, 5) is 2.74. The molecule has 2 N–H and O–H groups in total. The molecule has 0 bridgehead atoms. The molecule has 0 radical (unpaired) electrons. The van der Waals surface area contributed by atoms with Crippen LogP contribution < -0.4 is 10.6 Å². The van der Waals surface area contributed by atoms with Gasteiger partial charge >= 0.3 is 0 Å². The van der Waals surface area contributed by atoms with Crippen molar-refractivity contribution < 1.29 is 4.74 Å². The Morgan fingerprint density at radius 3 is 2.50 bits per heavy atom. The van der Waals surface area contributed by atoms with Gasteiger partial charge in [-0.3, -0.25) is 0 Å². The molecule has 2 atom stereocenters. The van der Waals surface area contributed by atoms with Gasteiger partial charge in [0.2, 0.25) is 0 Å². The third kappa shape index (κ3) is 3.02. The molecule has 1 saturated heterocycles. The normalized spacial score (nSPS) is 24.1. The van der Waals surface area contributed by atoms with Crippen LogP contribution in [0, 0.1) is 0 Å². The van der Waals surface area contributed by atoms with Crippen molar-refractivity contribution in [2.45, 2.75) is 26.1 Å². The van der Waals surface area contributed by atoms with Gasteiger partial charge in [0.05, 0.1) is 12.2 Å². The molecular formula is C13H17BrN2OS. The van der Waals surface area contributed by atoms with Crippen molar-refractivity contribution in [2.75, 3.05) is 18.0 Å². The van der Waals surface area contributed by atoms with Crippen molar-refractivity contribution in [3.8, 4) is 0 Å². The molecule has 5 heteroatoms. The Morgan fingerprint density at radius 1 is 1.39 bits per heavy atom. The minimum Gasteiger partial charge on any atom is -0.389 e. The van der Waals surface area contributed by atoms with E-state index in [0.717, 1.165) is 23.1 Å². The zero-order valence-electron chi connectivity index (χ0n) is 10.5. The lowest BCUT2D eigenvalue weighted by atomic mass is 10.1. The van der Waals surface area contributed by atoms with Gasteiger partial charge in [0, 0.05) is 28.8 Å². The van der Waals surface area contributed by atoms with Crippen LogP contribution in [0.1, 0.15) is 19.4 Å². The van der Waals surface area contributed by atoms with Gasteiger partial charge in [0.1, 0.15) is 4.99 Å². The smallest absolute Gasteiger partial charge is 0.105 e. The van der Waals surface area contributed by atoms with Gasteiger partial charge in [-0.2, -0.15) is 0 Å². The number of ether oxygens (including phenoxy) is 1. The molecule has 2 rings (SSSR count). The summed E-state index contributed by atoms with van der Waals surface area (Å²) in [6, 6.07) is 6.09. The maximum atomic E-state index is 5.74. The van der Waals surface area contributed by atoms with Crippen LogP contribution in [0.3, 0.4) is 0 Å². The van der Waals surface area contributed by atoms with Crippen molar-refractivity contribution >= 4 is 38.8 Å². The lowest BCUT2D eigenvalue weighted by Gasteiger charge is -2.37. The van der Waals surface area contributed by atoms with E-state index in [2.05, 4.69) is 46.8 Å². The first-order chi connectivity index (χ1) is 8.47. The summed E-state index contributed by atoms with van der Waals surface area (Å²) in [7, 11) is 0. The maximum absolute atomic E-state index is 5.74. The molecule has 18 heavy (non-hydrogen) atoms. The lowest BCUT2D eigenvalue weighted by molar-refractivity contribution is -0.00521. The summed E-state index contributed by atoms with van der Waals surface area (Å²) >= 11 is 8.52. The van der Waals surface area contributed by atoms with Gasteiger partial charge in [-0.25, -0.2) is 0 Å². The van der Waals surface area contributed by atoms with Gasteiger partial charge in [0.25, 0.3) is 0 Å². The van der Waals surface area contributed by atoms with Gasteiger partial charge in [-0.1, -0.05) is 12.2 Å². The van der Waals surface area contributed by atoms with Gasteiger partial charge in [-0.05, 0) is 48.0 Å². The average Bonchev–Trinajstić information content (AvgIpc) is 2.26. The maximum Gasteiger partial charge on any atom is 0.105 e. The summed E-state index contributed by atoms with van der Waals surface area (Å²) in [6.07, 6.45) is 0.505. The number of hydrogen-bond acceptors (Lipinski definition) is 3. The minimum absolute atomic E-state index is 0.253. The van der Waals surface area contributed by atoms with Crippen molar-refractivity contribution in [2.24, 2.45) is 5.73 Å². The molecule has 0 unspecified atom stereocenters. The summed E-state index contributed by atoms with van der Waals surface area (Å²) in [5, 5.41) is 0. The highest BCUT2D eigenvalue weighted by Crippen LogP contribution is 2.26. The molecule has 1 aromatic rings. The molecule has 1 aromatic carbocycles. The van der Waals surface area contributed by atoms with E-state index in [1.807, 2.05) is 6.07 Å². The van der Waals surface area contributed by atoms with E-state index in [1.165, 1.54) is 5.69 Å². The molecule has 0 spiro atoms. The van der Waals surface area contributed by atoms with Crippen LogP contribution >= 0.6 is 28.1 Å². The van der Waals surface area contributed by atoms with Crippen LogP contribution in [0.25, 0.3) is 0 Å². The van der Waals surface area contributed by atoms with Crippen molar-refractivity contribution in [3.63, 3.8) is 0 Å². The quantitative estimate of drug-likeness (QED) is 0.847. The van der Waals surface area contributed by atoms with Crippen molar-refractivity contribution in [3.05, 3.63) is 28.2 Å². The predicted molar refractivity (Wildman–Crippen MR) is 82.3 cm³/mol. The Morgan fingerprint density at radius 2 is 2.00 bits per heavy atom. The van der Waals surface area contributed by atoms with Crippen LogP contribution in [-0.4, -0.2) is 30.3 Å². The summed E-state index contributed by atoms with van der Waals surface area (Å²) in [5.41, 5.74) is 7.70. The van der Waals surface area contributed by atoms with E-state index in [4.69, 9.17) is 22.7 Å². The summed E-state index contributed by atoms with van der Waals surface area (Å²) < 4.78 is 6.68. The number of nitrogens with two attached hydrogens (primary N) is 1. The first-order valence-corrected chi connectivity index (χ1v) is 7.17. The lowest BCUT2D eigenvalue weighted by Crippen LogP contribution is -2.45. The zero-order chi connectivity index (χ0) is 13.3. The Hall–Kier alpha value is -0.650. The fraction of sp³-hybridized carbons (Fsp3) is 0.462. The number of rotatable bonds is 2. The molecule has 98 valence electrons. The van der Waals surface area contributed by atoms with Gasteiger partial charge < -0.3 is 15.4 Å². The highest BCUT2D eigenvalue weighted by molar-refractivity contribution is 9.10. The van der Waals surface area contributed by atoms with E-state index in [0.29, 0.717) is 4.99 Å². The third-order valence-corrected chi connectivity index (χ3v) is 3.88. The second-order valence-corrected chi connectivity index (χ2v) is 5.98. The molecule has 1 aliphatic rings. The van der Waals surface area contributed by atoms with E-state index >= 15 is 0 Å². The summed E-state index contributed by atoms with van der Waals surface area (Å²) in [5.74, 6) is 0. The fourth-order valence-corrected chi connectivity index (χ4v) is 3.18. The first kappa shape index (κ1) is 13.8. The summed E-state index contributed by atoms with van der Waals surface area (Å²) in [6.45, 7) is 6.01. The van der Waals surface area contributed by atoms with Crippen LogP contribution in [-0.2, 0) is 4.74 Å². The average molecular weight is 329 g/mol. The van der Waals surface area contributed by atoms with Crippen LogP contribution in [0.2, 0.25) is 0 Å². The third-order valence-electron chi connectivity index (χ3n) is 3.00. The predicted octanol–water partition coefficient (Wildman–Crippen LogP) is 2.70. The van der Waals surface area contributed by atoms with Crippen molar-refractivity contribution in [1.29, 1.82) is 0 Å². The molecule has 0 aromatic heterocycles. The monoisotopic (exact) mass is 328 g/mol. The highest BCUT2D eigenvalue weighted by atomic mass is 79.9. The number of hydrogen-bond donors (Lipinski definition) is 1. The molecular weight excluding hydrogens is 312 g/mol. The van der Waals surface area contributed by atoms with Gasteiger partial charge in [-0.15, -0.1) is 0 Å². The van der Waals surface area contributed by atoms with Crippen LogP contribution in [0.4, 0.5) is 5.69 Å². The molecule has 0 amide bonds. The molecule has 0 aliphatic carbocycles. The minimum atomic E-state index is 0.253. The Labute approximate surface area is 121 Å². The number of benzene rings is 1. The molecule has 3 nitrogen and oxygen atoms in total. The number of morpholine rings is 1. The first-order valence-electron chi connectivity index (χ1n) is 5.97. The Balaban J connectivity index is 2.23. The molecule has 0 saturated carbocycles. The SMILES string of the molecule is C[C@@H]1CN(c2ccc(C(N)=S)c(Br)c2)C[C@H](C)O1. The Kier molecular flexibility index (Phi) is 4.25. The Bertz CT molecular complexity index is 456. The number of thiocarbonyl (C=S) groups is 1. The number of nitrogens with zero attached hydrogens (tertiary/aromatic N) is 1. The largest absolute Gasteiger partial charge is 0.389 e. The topological polar surface area (TPSA) is 38.5 Å². The second kappa shape index (κ2) is 5.55. The number of anilines is 1. The van der Waals surface area contributed by atoms with E-state index in [-0.39, 0.29) is 12.2 Å². The second-order valence-electron chi connectivity index (χ2n) is 4.69. The van der Waals surface area contributed by atoms with E-state index < -0.39 is 0 Å². The standard InChI is InChI=1S/C13H17BrN2OS/c1-8-6-16(7-9(2)17-8)10-3-4-11(13(15)18)12(14)5-10/h3-5,8-9H,6-7H2,1-2H3,(H2,15,18)/t8-,9+. The number of halogens is 1. The van der Waals surface area contributed by atoms with Crippen molar-refractivity contribution in [1.82, 2.24) is 0 Å². The van der Waals surface area contributed by atoms with Gasteiger partial charge in [0.15, 0.2) is 0 Å². The fourth-order valence-electron chi connectivity index (χ4n) is 2.29. The van der Waals surface area contributed by atoms with Crippen LogP contribution in [0.5, 0.6) is 0 Å². The van der Waals surface area contributed by atoms with Crippen LogP contribution in [0.15, 0.2) is 22.7 Å². The van der Waals surface area contributed by atoms with E-state index in [9.17, 15) is 0 Å². The van der Waals surface area contributed by atoms with E-state index in [1.54, 1.807) is 0 Å². The molecule has 1 heterocycles. The zero-order valence-corrected chi connectivity index (χ0v) is 12.9. The molecule has 1 aliphatic heterocycles. The highest BCUT2D eigenvalue weighted by Gasteiger charge is 2.22.